The van der Waals surface area contributed by atoms with Gasteiger partial charge in [-0.15, -0.1) is 0 Å². The van der Waals surface area contributed by atoms with E-state index in [0.717, 1.165) is 9.80 Å². The first-order chi connectivity index (χ1) is 11.4. The molecule has 0 unspecified atom stereocenters. The average Bonchev–Trinajstić information content (AvgIpc) is 2.60. The second kappa shape index (κ2) is 4.26. The zero-order chi connectivity index (χ0) is 17.3. The lowest BCUT2D eigenvalue weighted by Gasteiger charge is -2.30. The molecule has 0 saturated carbocycles. The summed E-state index contributed by atoms with van der Waals surface area (Å²) in [5, 5.41) is 0.497. The molecule has 0 radical (unpaired) electrons. The summed E-state index contributed by atoms with van der Waals surface area (Å²) >= 11 is 0. The summed E-state index contributed by atoms with van der Waals surface area (Å²) in [6.07, 6.45) is 0. The van der Waals surface area contributed by atoms with E-state index >= 15 is 0 Å². The third-order valence-electron chi connectivity index (χ3n) is 4.51. The molecule has 0 aliphatic carbocycles. The highest BCUT2D eigenvalue weighted by Gasteiger charge is 2.39. The van der Waals surface area contributed by atoms with Crippen LogP contribution in [0.1, 0.15) is 41.4 Å². The van der Waals surface area contributed by atoms with Crippen molar-refractivity contribution in [3.8, 4) is 0 Å². The van der Waals surface area contributed by atoms with E-state index in [0.29, 0.717) is 0 Å². The summed E-state index contributed by atoms with van der Waals surface area (Å²) in [4.78, 5) is 55.1. The maximum Gasteiger partial charge on any atom is 0.261 e. The second-order valence-corrected chi connectivity index (χ2v) is 5.68. The number of rotatable bonds is 0. The van der Waals surface area contributed by atoms with Gasteiger partial charge in [-0.2, -0.15) is 0 Å². The summed E-state index contributed by atoms with van der Waals surface area (Å²) < 4.78 is 0. The van der Waals surface area contributed by atoms with E-state index in [4.69, 9.17) is 6.57 Å². The minimum Gasteiger partial charge on any atom is -0.279 e. The average molecular weight is 319 g/mol. The lowest BCUT2D eigenvalue weighted by Crippen LogP contribution is -2.40. The van der Waals surface area contributed by atoms with Crippen molar-refractivity contribution < 1.29 is 19.2 Å². The Hall–Kier alpha value is -3.53. The maximum atomic E-state index is 12.5. The molecule has 4 amide bonds. The third kappa shape index (κ3) is 1.40. The Morgan fingerprint density at radius 3 is 1.88 bits per heavy atom. The lowest BCUT2D eigenvalue weighted by molar-refractivity contribution is 0.0630. The Labute approximate surface area is 135 Å². The molecule has 24 heavy (non-hydrogen) atoms. The van der Waals surface area contributed by atoms with Crippen molar-refractivity contribution in [1.82, 2.24) is 9.80 Å². The fourth-order valence-corrected chi connectivity index (χ4v) is 3.28. The number of amides is 4. The van der Waals surface area contributed by atoms with Gasteiger partial charge >= 0.3 is 0 Å². The first-order valence-electron chi connectivity index (χ1n) is 7.04. The van der Waals surface area contributed by atoms with Gasteiger partial charge in [-0.05, 0) is 23.6 Å². The van der Waals surface area contributed by atoms with Crippen LogP contribution >= 0.6 is 0 Å². The highest BCUT2D eigenvalue weighted by atomic mass is 16.2. The minimum absolute atomic E-state index is 0.00338. The summed E-state index contributed by atoms with van der Waals surface area (Å²) in [7, 11) is 2.69. The maximum absolute atomic E-state index is 12.5. The molecule has 4 rings (SSSR count). The van der Waals surface area contributed by atoms with E-state index in [2.05, 4.69) is 4.85 Å². The standard InChI is InChI=1S/C17H9N3O4/c1-18-10-6-9-11-7(14(21)19(2)16(9)23)4-5-8-12(11)13(10)17(24)20(3)15(8)22/h4-6H,2-3H3. The van der Waals surface area contributed by atoms with E-state index in [1.165, 1.54) is 32.3 Å². The molecule has 0 saturated heterocycles. The van der Waals surface area contributed by atoms with Crippen LogP contribution in [0.3, 0.4) is 0 Å². The van der Waals surface area contributed by atoms with Crippen molar-refractivity contribution >= 4 is 40.1 Å². The summed E-state index contributed by atoms with van der Waals surface area (Å²) in [6.45, 7) is 7.34. The SMILES string of the molecule is [C-]#[N+]c1cc2c3c(ccc4c3c1C(=O)N(C)C4=O)C(=O)N(C)C2=O. The van der Waals surface area contributed by atoms with Crippen LogP contribution in [0.4, 0.5) is 5.69 Å². The topological polar surface area (TPSA) is 79.1 Å². The normalized spacial score (nSPS) is 16.0. The van der Waals surface area contributed by atoms with Crippen molar-refractivity contribution in [2.75, 3.05) is 14.1 Å². The van der Waals surface area contributed by atoms with Crippen LogP contribution in [0, 0.1) is 6.57 Å². The molecule has 0 bridgehead atoms. The Morgan fingerprint density at radius 1 is 0.792 bits per heavy atom. The van der Waals surface area contributed by atoms with Gasteiger partial charge in [-0.1, -0.05) is 0 Å². The van der Waals surface area contributed by atoms with Crippen molar-refractivity contribution in [2.24, 2.45) is 0 Å². The van der Waals surface area contributed by atoms with Gasteiger partial charge in [0.25, 0.3) is 23.6 Å². The van der Waals surface area contributed by atoms with Gasteiger partial charge in [-0.3, -0.25) is 29.0 Å². The molecule has 7 nitrogen and oxygen atoms in total. The number of benzene rings is 2. The van der Waals surface area contributed by atoms with Crippen LogP contribution in [-0.4, -0.2) is 47.5 Å². The number of carbonyl (C=O) groups is 4. The van der Waals surface area contributed by atoms with Gasteiger partial charge in [0.05, 0.1) is 12.1 Å². The fraction of sp³-hybridized carbons (Fsp3) is 0.118. The highest BCUT2D eigenvalue weighted by Crippen LogP contribution is 2.41. The van der Waals surface area contributed by atoms with Crippen molar-refractivity contribution in [3.05, 3.63) is 51.9 Å². The zero-order valence-electron chi connectivity index (χ0n) is 12.7. The van der Waals surface area contributed by atoms with Crippen LogP contribution in [-0.2, 0) is 0 Å². The smallest absolute Gasteiger partial charge is 0.261 e. The van der Waals surface area contributed by atoms with E-state index in [1.54, 1.807) is 0 Å². The van der Waals surface area contributed by atoms with Crippen LogP contribution in [0.25, 0.3) is 15.6 Å². The monoisotopic (exact) mass is 319 g/mol. The molecule has 2 aromatic rings. The summed E-state index contributed by atoms with van der Waals surface area (Å²) in [5.74, 6) is -2.19. The molecule has 7 heteroatoms. The molecule has 0 N–H and O–H groups in total. The van der Waals surface area contributed by atoms with Gasteiger partial charge in [0, 0.05) is 36.2 Å². The van der Waals surface area contributed by atoms with Crippen molar-refractivity contribution in [2.45, 2.75) is 0 Å². The number of hydrogen-bond acceptors (Lipinski definition) is 4. The third-order valence-corrected chi connectivity index (χ3v) is 4.51. The molecule has 2 aromatic carbocycles. The number of imide groups is 2. The number of nitrogens with zero attached hydrogens (tertiary/aromatic N) is 3. The molecule has 2 aliphatic heterocycles. The number of hydrogen-bond donors (Lipinski definition) is 0. The first-order valence-corrected chi connectivity index (χ1v) is 7.04. The molecule has 0 spiro atoms. The zero-order valence-corrected chi connectivity index (χ0v) is 12.7. The molecule has 2 heterocycles. The molecule has 2 aliphatic rings. The fourth-order valence-electron chi connectivity index (χ4n) is 3.28. The van der Waals surface area contributed by atoms with Crippen LogP contribution < -0.4 is 0 Å². The molecule has 0 aromatic heterocycles. The van der Waals surface area contributed by atoms with Gasteiger partial charge in [0.2, 0.25) is 5.69 Å². The Kier molecular flexibility index (Phi) is 2.50. The van der Waals surface area contributed by atoms with Crippen molar-refractivity contribution in [3.63, 3.8) is 0 Å². The Morgan fingerprint density at radius 2 is 1.29 bits per heavy atom. The predicted octanol–water partition coefficient (Wildman–Crippen LogP) is 1.84. The van der Waals surface area contributed by atoms with E-state index in [9.17, 15) is 19.2 Å². The van der Waals surface area contributed by atoms with Crippen LogP contribution in [0.2, 0.25) is 0 Å². The Bertz CT molecular complexity index is 1080. The van der Waals surface area contributed by atoms with E-state index < -0.39 is 23.6 Å². The van der Waals surface area contributed by atoms with E-state index in [1.807, 2.05) is 0 Å². The largest absolute Gasteiger partial charge is 0.279 e. The van der Waals surface area contributed by atoms with Crippen LogP contribution in [0.5, 0.6) is 0 Å². The lowest BCUT2D eigenvalue weighted by atomic mass is 9.85. The highest BCUT2D eigenvalue weighted by molar-refractivity contribution is 6.34. The van der Waals surface area contributed by atoms with Crippen LogP contribution in [0.15, 0.2) is 18.2 Å². The number of carbonyl (C=O) groups excluding carboxylic acids is 4. The Balaban J connectivity index is 2.31. The summed E-state index contributed by atoms with van der Waals surface area (Å²) in [5.41, 5.74) is 0.671. The molecular weight excluding hydrogens is 310 g/mol. The quantitative estimate of drug-likeness (QED) is 0.548. The van der Waals surface area contributed by atoms with Gasteiger partial charge < -0.3 is 0 Å². The van der Waals surface area contributed by atoms with Gasteiger partial charge in [-0.25, -0.2) is 4.85 Å². The first kappa shape index (κ1) is 14.1. The molecule has 0 fully saturated rings. The van der Waals surface area contributed by atoms with Gasteiger partial charge in [0.15, 0.2) is 0 Å². The van der Waals surface area contributed by atoms with Crippen molar-refractivity contribution in [1.29, 1.82) is 0 Å². The summed E-state index contributed by atoms with van der Waals surface area (Å²) in [6, 6.07) is 4.27. The van der Waals surface area contributed by atoms with Gasteiger partial charge in [0.1, 0.15) is 0 Å². The predicted molar refractivity (Wildman–Crippen MR) is 83.1 cm³/mol. The molecule has 0 atom stereocenters. The minimum atomic E-state index is -0.610. The second-order valence-electron chi connectivity index (χ2n) is 5.68. The molecule has 116 valence electrons. The van der Waals surface area contributed by atoms with E-state index in [-0.39, 0.29) is 38.7 Å². The molecular formula is C17H9N3O4.